The molecule has 2 heterocycles. The highest BCUT2D eigenvalue weighted by atomic mass is 79.9. The maximum atomic E-state index is 13.6. The van der Waals surface area contributed by atoms with Crippen LogP contribution in [0.4, 0.5) is 15.0 Å². The number of amides is 1. The van der Waals surface area contributed by atoms with Crippen LogP contribution in [-0.2, 0) is 10.2 Å². The predicted octanol–water partition coefficient (Wildman–Crippen LogP) is 2.37. The average molecular weight is 640 g/mol. The molecule has 3 aromatic rings. The van der Waals surface area contributed by atoms with E-state index in [1.54, 1.807) is 0 Å². The van der Waals surface area contributed by atoms with Crippen molar-refractivity contribution < 1.29 is 31.9 Å². The molecule has 0 bridgehead atoms. The van der Waals surface area contributed by atoms with Gasteiger partial charge < -0.3 is 10.4 Å². The van der Waals surface area contributed by atoms with Gasteiger partial charge >= 0.3 is 22.1 Å². The molecule has 0 unspecified atom stereocenters. The van der Waals surface area contributed by atoms with Gasteiger partial charge in [0.2, 0.25) is 15.4 Å². The number of hydrogen-bond acceptors (Lipinski definition) is 10. The summed E-state index contributed by atoms with van der Waals surface area (Å²) in [5.74, 6) is -1.70. The molecule has 0 radical (unpaired) electrons. The Balaban J connectivity index is 1.74. The minimum atomic E-state index is -4.58. The monoisotopic (exact) mass is 637 g/mol. The molecule has 1 aromatic carbocycles. The van der Waals surface area contributed by atoms with Crippen molar-refractivity contribution in [3.05, 3.63) is 39.0 Å². The quantitative estimate of drug-likeness (QED) is 0.231. The number of hydrogen-bond donors (Lipinski definition) is 3. The number of benzene rings is 1. The lowest BCUT2D eigenvalue weighted by atomic mass is 10.3. The summed E-state index contributed by atoms with van der Waals surface area (Å²) >= 11 is 19.5. The van der Waals surface area contributed by atoms with Gasteiger partial charge in [-0.3, -0.25) is 4.52 Å². The molecule has 20 heteroatoms. The fourth-order valence-electron chi connectivity index (χ4n) is 2.56. The maximum absolute atomic E-state index is 13.6. The summed E-state index contributed by atoms with van der Waals surface area (Å²) in [5, 5.41) is 22.7. The van der Waals surface area contributed by atoms with E-state index in [-0.39, 0.29) is 44.9 Å². The first-order valence-electron chi connectivity index (χ1n) is 8.98. The number of alkyl halides is 3. The van der Waals surface area contributed by atoms with E-state index >= 15 is 0 Å². The zero-order chi connectivity index (χ0) is 26.0. The smallest absolute Gasteiger partial charge is 0.446 e. The largest absolute Gasteiger partial charge is 0.464 e. The summed E-state index contributed by atoms with van der Waals surface area (Å²) in [7, 11) is -4.58. The van der Waals surface area contributed by atoms with Crippen LogP contribution in [0.3, 0.4) is 0 Å². The Morgan fingerprint density at radius 3 is 2.60 bits per heavy atom. The van der Waals surface area contributed by atoms with Gasteiger partial charge in [-0.05, 0) is 44.4 Å². The van der Waals surface area contributed by atoms with Gasteiger partial charge in [0.25, 0.3) is 0 Å². The Kier molecular flexibility index (Phi) is 8.28. The lowest BCUT2D eigenvalue weighted by Crippen LogP contribution is -2.48. The van der Waals surface area contributed by atoms with E-state index in [0.29, 0.717) is 0 Å². The molecule has 0 aliphatic rings. The lowest BCUT2D eigenvalue weighted by molar-refractivity contribution is 0.172. The van der Waals surface area contributed by atoms with Gasteiger partial charge in [-0.1, -0.05) is 40.0 Å². The van der Waals surface area contributed by atoms with E-state index in [0.717, 1.165) is 10.6 Å². The minimum Gasteiger partial charge on any atom is -0.464 e. The first-order chi connectivity index (χ1) is 16.3. The molecule has 3 N–H and O–H groups in total. The van der Waals surface area contributed by atoms with Crippen molar-refractivity contribution in [1.82, 2.24) is 29.1 Å². The van der Waals surface area contributed by atoms with E-state index < -0.39 is 38.2 Å². The molecule has 2 aromatic heterocycles. The van der Waals surface area contributed by atoms with Gasteiger partial charge in [0, 0.05) is 13.1 Å². The van der Waals surface area contributed by atoms with Crippen LogP contribution in [0.1, 0.15) is 0 Å². The molecular formula is C15H12BrCl3FN7O7S. The number of carbonyl (C=O) groups is 1. The summed E-state index contributed by atoms with van der Waals surface area (Å²) in [5.41, 5.74) is 0.0893. The molecule has 0 saturated carbocycles. The van der Waals surface area contributed by atoms with Gasteiger partial charge in [0.05, 0.1) is 16.7 Å². The first-order valence-corrected chi connectivity index (χ1v) is 12.3. The van der Waals surface area contributed by atoms with Gasteiger partial charge in [-0.15, -0.1) is 0 Å². The number of carboxylic acid groups (broad SMARTS) is 1. The van der Waals surface area contributed by atoms with E-state index in [1.165, 1.54) is 12.1 Å². The van der Waals surface area contributed by atoms with Crippen LogP contribution < -0.4 is 15.8 Å². The Bertz CT molecular complexity index is 1390. The summed E-state index contributed by atoms with van der Waals surface area (Å²) in [6.45, 7) is -1.46. The molecule has 3 rings (SSSR count). The van der Waals surface area contributed by atoms with Crippen LogP contribution in [-0.4, -0.2) is 67.4 Å². The molecule has 35 heavy (non-hydrogen) atoms. The highest BCUT2D eigenvalue weighted by Gasteiger charge is 2.35. The number of halogens is 5. The second-order valence-corrected chi connectivity index (χ2v) is 11.4. The van der Waals surface area contributed by atoms with Gasteiger partial charge in [-0.25, -0.2) is 23.2 Å². The number of nitrogens with one attached hydrogen (secondary N) is 2. The second-order valence-electron chi connectivity index (χ2n) is 6.40. The highest BCUT2D eigenvalue weighted by molar-refractivity contribution is 9.10. The standard InChI is InChI=1S/C15H12BrCl3FN7O7S/c16-8-5-7(1-2-9(8)20)27-12(25-33-14(27)30)10-11(24-34-23-10)21-3-4-22-35(31,32)26(13(28)29)6-15(17,18)19/h1-2,5,22H,3-4,6H2,(H,21,24)(H,28,29). The molecule has 0 atom stereocenters. The third-order valence-electron chi connectivity index (χ3n) is 3.99. The van der Waals surface area contributed by atoms with Crippen molar-refractivity contribution in [2.24, 2.45) is 0 Å². The topological polar surface area (TPSA) is 186 Å². The van der Waals surface area contributed by atoms with Crippen LogP contribution in [0.25, 0.3) is 17.2 Å². The number of aromatic nitrogens is 4. The van der Waals surface area contributed by atoms with Gasteiger partial charge in [0.15, 0.2) is 5.69 Å². The third-order valence-corrected chi connectivity index (χ3v) is 6.40. The lowest BCUT2D eigenvalue weighted by Gasteiger charge is -2.23. The molecule has 0 aliphatic carbocycles. The van der Waals surface area contributed by atoms with Crippen LogP contribution in [0.15, 0.2) is 36.6 Å². The van der Waals surface area contributed by atoms with Crippen LogP contribution in [0.5, 0.6) is 0 Å². The zero-order valence-corrected chi connectivity index (χ0v) is 21.5. The zero-order valence-electron chi connectivity index (χ0n) is 16.8. The SMILES string of the molecule is O=C(O)N(CC(Cl)(Cl)Cl)S(=O)(=O)NCCNc1nonc1-c1noc(=O)n1-c1ccc(F)c(Br)c1. The van der Waals surface area contributed by atoms with Crippen molar-refractivity contribution in [1.29, 1.82) is 0 Å². The Morgan fingerprint density at radius 1 is 1.26 bits per heavy atom. The molecule has 0 fully saturated rings. The van der Waals surface area contributed by atoms with Crippen LogP contribution in [0, 0.1) is 5.82 Å². The van der Waals surface area contributed by atoms with Crippen molar-refractivity contribution in [3.8, 4) is 17.2 Å². The predicted molar refractivity (Wildman–Crippen MR) is 123 cm³/mol. The number of anilines is 1. The molecule has 1 amide bonds. The Labute approximate surface area is 218 Å². The van der Waals surface area contributed by atoms with Crippen LogP contribution >= 0.6 is 50.7 Å². The molecular weight excluding hydrogens is 628 g/mol. The van der Waals surface area contributed by atoms with E-state index in [1.807, 2.05) is 4.72 Å². The van der Waals surface area contributed by atoms with Crippen molar-refractivity contribution in [2.75, 3.05) is 25.0 Å². The van der Waals surface area contributed by atoms with Crippen molar-refractivity contribution >= 4 is 72.9 Å². The van der Waals surface area contributed by atoms with Crippen LogP contribution in [0.2, 0.25) is 0 Å². The number of rotatable bonds is 9. The summed E-state index contributed by atoms with van der Waals surface area (Å²) in [6.07, 6.45) is -1.86. The van der Waals surface area contributed by atoms with E-state index in [4.69, 9.17) is 39.9 Å². The fraction of sp³-hybridized carbons (Fsp3) is 0.267. The molecule has 0 saturated heterocycles. The molecule has 0 spiro atoms. The Morgan fingerprint density at radius 2 is 1.97 bits per heavy atom. The summed E-state index contributed by atoms with van der Waals surface area (Å²) in [6, 6.07) is 3.71. The average Bonchev–Trinajstić information content (AvgIpc) is 3.36. The third kappa shape index (κ3) is 6.62. The highest BCUT2D eigenvalue weighted by Crippen LogP contribution is 2.28. The second kappa shape index (κ2) is 10.7. The van der Waals surface area contributed by atoms with Crippen molar-refractivity contribution in [3.63, 3.8) is 0 Å². The van der Waals surface area contributed by atoms with Crippen molar-refractivity contribution in [2.45, 2.75) is 3.79 Å². The number of nitrogens with zero attached hydrogens (tertiary/aromatic N) is 5. The van der Waals surface area contributed by atoms with E-state index in [2.05, 4.69) is 45.9 Å². The maximum Gasteiger partial charge on any atom is 0.446 e. The van der Waals surface area contributed by atoms with Gasteiger partial charge in [-0.2, -0.15) is 17.4 Å². The molecule has 190 valence electrons. The first kappa shape index (κ1) is 27.2. The fourth-order valence-corrected chi connectivity index (χ4v) is 4.58. The summed E-state index contributed by atoms with van der Waals surface area (Å²) < 4.78 is 48.2. The normalized spacial score (nSPS) is 12.0. The van der Waals surface area contributed by atoms with E-state index in [9.17, 15) is 22.4 Å². The molecule has 14 nitrogen and oxygen atoms in total. The van der Waals surface area contributed by atoms with Gasteiger partial charge in [0.1, 0.15) is 5.82 Å². The summed E-state index contributed by atoms with van der Waals surface area (Å²) in [4.78, 5) is 23.5. The Hall–Kier alpha value is -2.44. The minimum absolute atomic E-state index is 0.0659. The molecule has 0 aliphatic heterocycles.